The number of anilines is 2. The fourth-order valence-electron chi connectivity index (χ4n) is 2.21. The highest BCUT2D eigenvalue weighted by atomic mass is 35.5. The van der Waals surface area contributed by atoms with Crippen molar-refractivity contribution in [3.8, 4) is 0 Å². The van der Waals surface area contributed by atoms with Crippen molar-refractivity contribution in [3.05, 3.63) is 58.1 Å². The minimum absolute atomic E-state index is 0.219. The molecule has 0 radical (unpaired) electrons. The number of rotatable bonds is 5. The molecule has 2 aromatic rings. The summed E-state index contributed by atoms with van der Waals surface area (Å²) in [5.74, 6) is -1.40. The highest BCUT2D eigenvalue weighted by Crippen LogP contribution is 2.27. The van der Waals surface area contributed by atoms with Crippen molar-refractivity contribution in [2.24, 2.45) is 0 Å². The van der Waals surface area contributed by atoms with E-state index in [1.807, 2.05) is 0 Å². The lowest BCUT2D eigenvalue weighted by Crippen LogP contribution is -2.37. The summed E-state index contributed by atoms with van der Waals surface area (Å²) in [5, 5.41) is 3.44. The van der Waals surface area contributed by atoms with E-state index in [1.54, 1.807) is 24.3 Å². The number of methoxy groups -OCH3 is 1. The zero-order valence-corrected chi connectivity index (χ0v) is 15.6. The highest BCUT2D eigenvalue weighted by molar-refractivity contribution is 6.34. The number of hydrogen-bond acceptors (Lipinski definition) is 4. The van der Waals surface area contributed by atoms with Gasteiger partial charge in [0, 0.05) is 17.6 Å². The van der Waals surface area contributed by atoms with Crippen LogP contribution in [-0.4, -0.2) is 31.4 Å². The fraction of sp³-hybridized carbons (Fsp3) is 0.167. The van der Waals surface area contributed by atoms with Gasteiger partial charge in [-0.15, -0.1) is 0 Å². The van der Waals surface area contributed by atoms with Crippen LogP contribution >= 0.6 is 23.2 Å². The number of esters is 1. The van der Waals surface area contributed by atoms with Gasteiger partial charge in [0.1, 0.15) is 6.54 Å². The summed E-state index contributed by atoms with van der Waals surface area (Å²) in [4.78, 5) is 37.2. The van der Waals surface area contributed by atoms with Crippen molar-refractivity contribution >= 4 is 52.4 Å². The largest absolute Gasteiger partial charge is 0.465 e. The summed E-state index contributed by atoms with van der Waals surface area (Å²) in [6.45, 7) is 1.03. The summed E-state index contributed by atoms with van der Waals surface area (Å²) in [6.07, 6.45) is 0. The molecule has 0 saturated heterocycles. The molecule has 0 spiro atoms. The van der Waals surface area contributed by atoms with E-state index >= 15 is 0 Å². The van der Waals surface area contributed by atoms with Gasteiger partial charge in [0.05, 0.1) is 23.4 Å². The molecule has 1 N–H and O–H groups in total. The Morgan fingerprint density at radius 1 is 1.08 bits per heavy atom. The molecule has 0 unspecified atom stereocenters. The molecule has 0 bridgehead atoms. The van der Waals surface area contributed by atoms with Gasteiger partial charge >= 0.3 is 5.97 Å². The molecule has 0 aromatic heterocycles. The number of nitrogens with one attached hydrogen (secondary N) is 1. The number of nitrogens with zero attached hydrogens (tertiary/aromatic N) is 1. The topological polar surface area (TPSA) is 75.7 Å². The summed E-state index contributed by atoms with van der Waals surface area (Å²) in [7, 11) is 1.25. The Balaban J connectivity index is 2.23. The molecule has 0 saturated carbocycles. The van der Waals surface area contributed by atoms with Gasteiger partial charge in [0.25, 0.3) is 0 Å². The molecule has 136 valence electrons. The van der Waals surface area contributed by atoms with Crippen molar-refractivity contribution in [3.63, 3.8) is 0 Å². The van der Waals surface area contributed by atoms with Gasteiger partial charge in [-0.1, -0.05) is 23.2 Å². The Bertz CT molecular complexity index is 838. The number of carbonyl (C=O) groups is 3. The van der Waals surface area contributed by atoms with Crippen LogP contribution in [0.25, 0.3) is 0 Å². The summed E-state index contributed by atoms with van der Waals surface area (Å²) >= 11 is 12.0. The summed E-state index contributed by atoms with van der Waals surface area (Å²) in [6, 6.07) is 10.9. The Hall–Kier alpha value is -2.57. The van der Waals surface area contributed by atoms with Gasteiger partial charge in [-0.2, -0.15) is 0 Å². The van der Waals surface area contributed by atoms with E-state index in [-0.39, 0.29) is 22.8 Å². The number of hydrogen-bond donors (Lipinski definition) is 1. The number of ether oxygens (including phenoxy) is 1. The molecule has 0 aliphatic rings. The molecule has 26 heavy (non-hydrogen) atoms. The lowest BCUT2D eigenvalue weighted by molar-refractivity contribution is -0.120. The molecule has 0 fully saturated rings. The quantitative estimate of drug-likeness (QED) is 0.782. The first kappa shape index (κ1) is 19.8. The highest BCUT2D eigenvalue weighted by Gasteiger charge is 2.20. The molecule has 0 heterocycles. The average Bonchev–Trinajstić information content (AvgIpc) is 2.61. The lowest BCUT2D eigenvalue weighted by Gasteiger charge is -2.22. The van der Waals surface area contributed by atoms with Gasteiger partial charge in [-0.05, 0) is 42.5 Å². The van der Waals surface area contributed by atoms with E-state index in [0.29, 0.717) is 10.7 Å². The van der Waals surface area contributed by atoms with Crippen molar-refractivity contribution in [2.45, 2.75) is 6.92 Å². The number of halogens is 2. The van der Waals surface area contributed by atoms with E-state index < -0.39 is 17.8 Å². The van der Waals surface area contributed by atoms with Crippen LogP contribution in [0.3, 0.4) is 0 Å². The summed E-state index contributed by atoms with van der Waals surface area (Å²) in [5.41, 5.74) is 1.00. The number of amides is 2. The van der Waals surface area contributed by atoms with E-state index in [1.165, 1.54) is 37.1 Å². The van der Waals surface area contributed by atoms with E-state index in [2.05, 4.69) is 10.1 Å². The van der Waals surface area contributed by atoms with Crippen molar-refractivity contribution in [1.82, 2.24) is 0 Å². The third-order valence-electron chi connectivity index (χ3n) is 3.47. The molecule has 8 heteroatoms. The molecule has 2 aromatic carbocycles. The first-order valence-electron chi connectivity index (χ1n) is 7.53. The standard InChI is InChI=1S/C18H16Cl2N2O4/c1-11(23)22(10-17(24)21-14-6-4-13(19)5-7-14)16-9-12(18(25)26-2)3-8-15(16)20/h3-9H,10H2,1-2H3,(H,21,24). The van der Waals surface area contributed by atoms with E-state index in [4.69, 9.17) is 23.2 Å². The maximum Gasteiger partial charge on any atom is 0.337 e. The maximum atomic E-state index is 12.3. The first-order chi connectivity index (χ1) is 12.3. The first-order valence-corrected chi connectivity index (χ1v) is 8.29. The van der Waals surface area contributed by atoms with E-state index in [9.17, 15) is 14.4 Å². The molecule has 0 aliphatic carbocycles. The van der Waals surface area contributed by atoms with Crippen LogP contribution in [0.4, 0.5) is 11.4 Å². The molecular formula is C18H16Cl2N2O4. The molecule has 0 aliphatic heterocycles. The SMILES string of the molecule is COC(=O)c1ccc(Cl)c(N(CC(=O)Nc2ccc(Cl)cc2)C(C)=O)c1. The Morgan fingerprint density at radius 3 is 2.31 bits per heavy atom. The van der Waals surface area contributed by atoms with Gasteiger partial charge in [0.2, 0.25) is 11.8 Å². The Kier molecular flexibility index (Phi) is 6.60. The minimum Gasteiger partial charge on any atom is -0.465 e. The second-order valence-corrected chi connectivity index (χ2v) is 6.16. The van der Waals surface area contributed by atoms with Gasteiger partial charge < -0.3 is 15.0 Å². The van der Waals surface area contributed by atoms with Crippen molar-refractivity contribution < 1.29 is 19.1 Å². The van der Waals surface area contributed by atoms with E-state index in [0.717, 1.165) is 0 Å². The van der Waals surface area contributed by atoms with Crippen molar-refractivity contribution in [1.29, 1.82) is 0 Å². The van der Waals surface area contributed by atoms with Gasteiger partial charge in [-0.25, -0.2) is 4.79 Å². The number of benzene rings is 2. The predicted octanol–water partition coefficient (Wildman–Crippen LogP) is 3.77. The third-order valence-corrected chi connectivity index (χ3v) is 4.04. The van der Waals surface area contributed by atoms with Crippen LogP contribution in [0.2, 0.25) is 10.0 Å². The van der Waals surface area contributed by atoms with Crippen LogP contribution in [-0.2, 0) is 14.3 Å². The minimum atomic E-state index is -0.572. The number of carbonyl (C=O) groups excluding carboxylic acids is 3. The zero-order valence-electron chi connectivity index (χ0n) is 14.1. The molecule has 6 nitrogen and oxygen atoms in total. The molecule has 2 rings (SSSR count). The second kappa shape index (κ2) is 8.69. The predicted molar refractivity (Wildman–Crippen MR) is 101 cm³/mol. The fourth-order valence-corrected chi connectivity index (χ4v) is 2.55. The maximum absolute atomic E-state index is 12.3. The normalized spacial score (nSPS) is 10.2. The molecule has 2 amide bonds. The smallest absolute Gasteiger partial charge is 0.337 e. The Labute approximate surface area is 160 Å². The van der Waals surface area contributed by atoms with Gasteiger partial charge in [0.15, 0.2) is 0 Å². The van der Waals surface area contributed by atoms with Crippen LogP contribution in [0.15, 0.2) is 42.5 Å². The monoisotopic (exact) mass is 394 g/mol. The summed E-state index contributed by atoms with van der Waals surface area (Å²) < 4.78 is 4.67. The molecular weight excluding hydrogens is 379 g/mol. The van der Waals surface area contributed by atoms with Crippen LogP contribution in [0.5, 0.6) is 0 Å². The zero-order chi connectivity index (χ0) is 19.3. The average molecular weight is 395 g/mol. The third kappa shape index (κ3) is 4.97. The Morgan fingerprint density at radius 2 is 1.73 bits per heavy atom. The van der Waals surface area contributed by atoms with Crippen LogP contribution in [0.1, 0.15) is 17.3 Å². The van der Waals surface area contributed by atoms with Crippen LogP contribution in [0, 0.1) is 0 Å². The lowest BCUT2D eigenvalue weighted by atomic mass is 10.2. The molecule has 0 atom stereocenters. The van der Waals surface area contributed by atoms with Crippen molar-refractivity contribution in [2.75, 3.05) is 23.9 Å². The van der Waals surface area contributed by atoms with Gasteiger partial charge in [-0.3, -0.25) is 9.59 Å². The second-order valence-electron chi connectivity index (χ2n) is 5.32. The van der Waals surface area contributed by atoms with Crippen LogP contribution < -0.4 is 10.2 Å².